The normalized spacial score (nSPS) is 16.1. The summed E-state index contributed by atoms with van der Waals surface area (Å²) in [6.45, 7) is 11.0. The number of methoxy groups -OCH3 is 1. The molecule has 0 aliphatic carbocycles. The summed E-state index contributed by atoms with van der Waals surface area (Å²) in [5.74, 6) is 2.98. The standard InChI is InChI=1S/C24H32O4/c1-7-27-17-8-9-18(21(25)14-17)15(2)12-20-16(3)13-22-19(23(20)26-6)10-11-24(4,5)28-22/h8-9,13-15,25H,7,10-12H2,1-6H3. The highest BCUT2D eigenvalue weighted by molar-refractivity contribution is 5.56. The molecule has 1 unspecified atom stereocenters. The molecule has 28 heavy (non-hydrogen) atoms. The van der Waals surface area contributed by atoms with Gasteiger partial charge in [-0.1, -0.05) is 13.0 Å². The number of phenols is 1. The van der Waals surface area contributed by atoms with Crippen molar-refractivity contribution in [1.29, 1.82) is 0 Å². The van der Waals surface area contributed by atoms with Gasteiger partial charge < -0.3 is 19.3 Å². The Kier molecular flexibility index (Phi) is 5.78. The van der Waals surface area contributed by atoms with Gasteiger partial charge in [0.05, 0.1) is 13.7 Å². The Morgan fingerprint density at radius 1 is 1.25 bits per heavy atom. The van der Waals surface area contributed by atoms with Crippen molar-refractivity contribution in [3.8, 4) is 23.0 Å². The first-order valence-corrected chi connectivity index (χ1v) is 10.1. The lowest BCUT2D eigenvalue weighted by Crippen LogP contribution is -2.33. The van der Waals surface area contributed by atoms with E-state index in [4.69, 9.17) is 14.2 Å². The molecule has 0 bridgehead atoms. The third kappa shape index (κ3) is 4.06. The van der Waals surface area contributed by atoms with Crippen LogP contribution in [0.25, 0.3) is 0 Å². The quantitative estimate of drug-likeness (QED) is 0.708. The Balaban J connectivity index is 1.92. The Bertz CT molecular complexity index is 854. The van der Waals surface area contributed by atoms with Crippen molar-refractivity contribution in [3.05, 3.63) is 46.5 Å². The van der Waals surface area contributed by atoms with Crippen molar-refractivity contribution in [3.63, 3.8) is 0 Å². The minimum Gasteiger partial charge on any atom is -0.508 e. The molecule has 1 aliphatic heterocycles. The van der Waals surface area contributed by atoms with Crippen molar-refractivity contribution in [1.82, 2.24) is 0 Å². The number of rotatable bonds is 6. The number of ether oxygens (including phenoxy) is 3. The SMILES string of the molecule is CCOc1ccc(C(C)Cc2c(C)cc3c(c2OC)CCC(C)(C)O3)c(O)c1. The first-order chi connectivity index (χ1) is 13.3. The summed E-state index contributed by atoms with van der Waals surface area (Å²) in [6, 6.07) is 7.71. The monoisotopic (exact) mass is 384 g/mol. The number of fused-ring (bicyclic) bond motifs is 1. The topological polar surface area (TPSA) is 47.9 Å². The first-order valence-electron chi connectivity index (χ1n) is 10.1. The first kappa shape index (κ1) is 20.4. The molecular weight excluding hydrogens is 352 g/mol. The molecule has 0 radical (unpaired) electrons. The van der Waals surface area contributed by atoms with E-state index in [2.05, 4.69) is 33.8 Å². The molecule has 1 heterocycles. The molecule has 0 saturated carbocycles. The third-order valence-electron chi connectivity index (χ3n) is 5.59. The zero-order valence-corrected chi connectivity index (χ0v) is 17.9. The third-order valence-corrected chi connectivity index (χ3v) is 5.59. The van der Waals surface area contributed by atoms with Gasteiger partial charge in [0.1, 0.15) is 28.6 Å². The van der Waals surface area contributed by atoms with E-state index in [9.17, 15) is 5.11 Å². The van der Waals surface area contributed by atoms with Crippen LogP contribution in [0.3, 0.4) is 0 Å². The molecule has 2 aromatic rings. The minimum atomic E-state index is -0.145. The van der Waals surface area contributed by atoms with Crippen LogP contribution in [0.1, 0.15) is 62.3 Å². The predicted molar refractivity (Wildman–Crippen MR) is 112 cm³/mol. The average molecular weight is 385 g/mol. The van der Waals surface area contributed by atoms with Crippen molar-refractivity contribution >= 4 is 0 Å². The van der Waals surface area contributed by atoms with Gasteiger partial charge in [-0.3, -0.25) is 0 Å². The van der Waals surface area contributed by atoms with Crippen molar-refractivity contribution < 1.29 is 19.3 Å². The molecule has 0 fully saturated rings. The number of aryl methyl sites for hydroxylation is 1. The highest BCUT2D eigenvalue weighted by Crippen LogP contribution is 2.43. The van der Waals surface area contributed by atoms with E-state index in [1.54, 1.807) is 13.2 Å². The Hall–Kier alpha value is -2.36. The number of hydrogen-bond donors (Lipinski definition) is 1. The van der Waals surface area contributed by atoms with Crippen molar-refractivity contribution in [2.75, 3.05) is 13.7 Å². The maximum atomic E-state index is 10.5. The zero-order valence-electron chi connectivity index (χ0n) is 17.9. The van der Waals surface area contributed by atoms with E-state index in [1.807, 2.05) is 19.1 Å². The number of benzene rings is 2. The van der Waals surface area contributed by atoms with E-state index in [1.165, 1.54) is 5.56 Å². The molecule has 0 amide bonds. The maximum Gasteiger partial charge on any atom is 0.129 e. The second-order valence-electron chi connectivity index (χ2n) is 8.30. The van der Waals surface area contributed by atoms with Crippen molar-refractivity contribution in [2.45, 2.75) is 65.4 Å². The van der Waals surface area contributed by atoms with E-state index < -0.39 is 0 Å². The molecular formula is C24H32O4. The molecule has 0 saturated heterocycles. The number of phenolic OH excluding ortho intramolecular Hbond substituents is 1. The average Bonchev–Trinajstić information content (AvgIpc) is 2.62. The lowest BCUT2D eigenvalue weighted by molar-refractivity contribution is 0.0834. The Morgan fingerprint density at radius 3 is 2.64 bits per heavy atom. The van der Waals surface area contributed by atoms with Crippen LogP contribution in [0.5, 0.6) is 23.0 Å². The van der Waals surface area contributed by atoms with Crippen LogP contribution >= 0.6 is 0 Å². The second kappa shape index (κ2) is 7.94. The maximum absolute atomic E-state index is 10.5. The molecule has 1 N–H and O–H groups in total. The van der Waals surface area contributed by atoms with Gasteiger partial charge in [0, 0.05) is 11.6 Å². The lowest BCUT2D eigenvalue weighted by Gasteiger charge is -2.34. The fourth-order valence-electron chi connectivity index (χ4n) is 4.06. The number of aromatic hydroxyl groups is 1. The number of hydrogen-bond acceptors (Lipinski definition) is 4. The molecule has 1 atom stereocenters. The van der Waals surface area contributed by atoms with Crippen LogP contribution < -0.4 is 14.2 Å². The summed E-state index contributed by atoms with van der Waals surface area (Å²) in [5, 5.41) is 10.5. The van der Waals surface area contributed by atoms with E-state index in [0.29, 0.717) is 12.4 Å². The highest BCUT2D eigenvalue weighted by Gasteiger charge is 2.30. The van der Waals surface area contributed by atoms with Gasteiger partial charge in [-0.15, -0.1) is 0 Å². The molecule has 2 aromatic carbocycles. The van der Waals surface area contributed by atoms with Crippen LogP contribution in [0, 0.1) is 6.92 Å². The highest BCUT2D eigenvalue weighted by atomic mass is 16.5. The van der Waals surface area contributed by atoms with Crippen LogP contribution in [-0.2, 0) is 12.8 Å². The summed E-state index contributed by atoms with van der Waals surface area (Å²) < 4.78 is 17.5. The molecule has 4 nitrogen and oxygen atoms in total. The summed E-state index contributed by atoms with van der Waals surface area (Å²) >= 11 is 0. The zero-order chi connectivity index (χ0) is 20.5. The molecule has 0 spiro atoms. The fraction of sp³-hybridized carbons (Fsp3) is 0.500. The second-order valence-corrected chi connectivity index (χ2v) is 8.30. The fourth-order valence-corrected chi connectivity index (χ4v) is 4.06. The van der Waals surface area contributed by atoms with Crippen LogP contribution in [0.15, 0.2) is 24.3 Å². The summed E-state index contributed by atoms with van der Waals surface area (Å²) in [7, 11) is 1.73. The van der Waals surface area contributed by atoms with E-state index in [0.717, 1.165) is 47.5 Å². The molecule has 4 heteroatoms. The molecule has 152 valence electrons. The van der Waals surface area contributed by atoms with Gasteiger partial charge in [0.2, 0.25) is 0 Å². The van der Waals surface area contributed by atoms with Gasteiger partial charge in [-0.25, -0.2) is 0 Å². The van der Waals surface area contributed by atoms with Gasteiger partial charge in [-0.2, -0.15) is 0 Å². The van der Waals surface area contributed by atoms with E-state index >= 15 is 0 Å². The molecule has 0 aromatic heterocycles. The van der Waals surface area contributed by atoms with Gasteiger partial charge in [-0.05, 0) is 81.7 Å². The summed E-state index contributed by atoms with van der Waals surface area (Å²) in [5.41, 5.74) is 4.27. The van der Waals surface area contributed by atoms with E-state index in [-0.39, 0.29) is 17.3 Å². The van der Waals surface area contributed by atoms with Crippen molar-refractivity contribution in [2.24, 2.45) is 0 Å². The molecule has 1 aliphatic rings. The summed E-state index contributed by atoms with van der Waals surface area (Å²) in [4.78, 5) is 0. The largest absolute Gasteiger partial charge is 0.508 e. The lowest BCUT2D eigenvalue weighted by atomic mass is 9.86. The molecule has 3 rings (SSSR count). The Labute approximate surface area is 168 Å². The Morgan fingerprint density at radius 2 is 2.00 bits per heavy atom. The van der Waals surface area contributed by atoms with Crippen LogP contribution in [0.4, 0.5) is 0 Å². The minimum absolute atomic E-state index is 0.141. The van der Waals surface area contributed by atoms with Crippen LogP contribution in [0.2, 0.25) is 0 Å². The summed E-state index contributed by atoms with van der Waals surface area (Å²) in [6.07, 6.45) is 2.70. The van der Waals surface area contributed by atoms with Crippen LogP contribution in [-0.4, -0.2) is 24.4 Å². The van der Waals surface area contributed by atoms with Gasteiger partial charge >= 0.3 is 0 Å². The smallest absolute Gasteiger partial charge is 0.129 e. The predicted octanol–water partition coefficient (Wildman–Crippen LogP) is 5.56. The van der Waals surface area contributed by atoms with Gasteiger partial charge in [0.25, 0.3) is 0 Å². The van der Waals surface area contributed by atoms with Gasteiger partial charge in [0.15, 0.2) is 0 Å².